The van der Waals surface area contributed by atoms with Crippen LogP contribution in [-0.4, -0.2) is 25.9 Å². The molecule has 0 amide bonds. The zero-order valence-electron chi connectivity index (χ0n) is 21.3. The lowest BCUT2D eigenvalue weighted by Gasteiger charge is -2.37. The lowest BCUT2D eigenvalue weighted by atomic mass is 9.72. The molecule has 174 valence electrons. The third-order valence-corrected chi connectivity index (χ3v) is 12.7. The number of allylic oxidation sites excluding steroid dienone is 1. The summed E-state index contributed by atoms with van der Waals surface area (Å²) in [5, 5.41) is 1.35. The van der Waals surface area contributed by atoms with Gasteiger partial charge in [-0.25, -0.2) is 0 Å². The van der Waals surface area contributed by atoms with Crippen molar-refractivity contribution >= 4 is 25.2 Å². The Kier molecular flexibility index (Phi) is 7.84. The van der Waals surface area contributed by atoms with E-state index < -0.39 is 8.07 Å². The van der Waals surface area contributed by atoms with Crippen LogP contribution < -0.4 is 5.38 Å². The van der Waals surface area contributed by atoms with E-state index in [-0.39, 0.29) is 28.8 Å². The Morgan fingerprint density at radius 3 is 2.32 bits per heavy atom. The van der Waals surface area contributed by atoms with Crippen LogP contribution in [0.3, 0.4) is 0 Å². The van der Waals surface area contributed by atoms with Crippen molar-refractivity contribution in [2.24, 2.45) is 11.8 Å². The number of esters is 1. The molecule has 2 rings (SSSR count). The summed E-state index contributed by atoms with van der Waals surface area (Å²) in [6.45, 7) is 21.1. The molecule has 0 N–H and O–H groups in total. The van der Waals surface area contributed by atoms with Gasteiger partial charge in [-0.15, -0.1) is 0 Å². The van der Waals surface area contributed by atoms with Crippen molar-refractivity contribution in [3.05, 3.63) is 28.5 Å². The first-order valence-corrected chi connectivity index (χ1v) is 14.6. The van der Waals surface area contributed by atoms with E-state index in [4.69, 9.17) is 9.15 Å². The van der Waals surface area contributed by atoms with Gasteiger partial charge in [0.15, 0.2) is 0 Å². The predicted octanol–water partition coefficient (Wildman–Crippen LogP) is 6.12. The maximum Gasteiger partial charge on any atom is 0.302 e. The van der Waals surface area contributed by atoms with Gasteiger partial charge in [0.2, 0.25) is 0 Å². The van der Waals surface area contributed by atoms with Crippen LogP contribution in [0.2, 0.25) is 18.1 Å². The second kappa shape index (κ2) is 9.48. The molecule has 5 heteroatoms. The number of hydrogen-bond donors (Lipinski definition) is 0. The van der Waals surface area contributed by atoms with Gasteiger partial charge in [-0.1, -0.05) is 51.9 Å². The molecule has 0 aromatic carbocycles. The number of furan rings is 1. The van der Waals surface area contributed by atoms with Crippen LogP contribution in [0.25, 0.3) is 0 Å². The Bertz CT molecular complexity index is 853. The second-order valence-electron chi connectivity index (χ2n) is 11.3. The molecule has 0 aliphatic heterocycles. The Morgan fingerprint density at radius 1 is 1.19 bits per heavy atom. The number of Topliss-reactive ketones (excluding diaryl/α,β-unsaturated/α-hetero) is 1. The van der Waals surface area contributed by atoms with Crippen molar-refractivity contribution in [2.75, 3.05) is 0 Å². The first-order chi connectivity index (χ1) is 14.1. The van der Waals surface area contributed by atoms with Gasteiger partial charge in [-0.2, -0.15) is 0 Å². The molecule has 0 unspecified atom stereocenters. The molecule has 0 spiro atoms. The van der Waals surface area contributed by atoms with E-state index in [2.05, 4.69) is 60.7 Å². The minimum Gasteiger partial charge on any atom is -0.471 e. The third-order valence-electron chi connectivity index (χ3n) is 7.31. The Balaban J connectivity index is 2.47. The predicted molar refractivity (Wildman–Crippen MR) is 129 cm³/mol. The zero-order chi connectivity index (χ0) is 23.7. The summed E-state index contributed by atoms with van der Waals surface area (Å²) >= 11 is 0. The summed E-state index contributed by atoms with van der Waals surface area (Å²) in [6.07, 6.45) is 2.76. The maximum atomic E-state index is 11.9. The second-order valence-corrected chi connectivity index (χ2v) is 16.5. The summed E-state index contributed by atoms with van der Waals surface area (Å²) in [6, 6.07) is 2.18. The van der Waals surface area contributed by atoms with Gasteiger partial charge in [0, 0.05) is 25.7 Å². The number of ketones is 1. The van der Waals surface area contributed by atoms with Crippen molar-refractivity contribution in [1.29, 1.82) is 0 Å². The average molecular weight is 447 g/mol. The number of ether oxygens (including phenoxy) is 1. The number of carbonyl (C=O) groups is 2. The molecule has 1 heterocycles. The van der Waals surface area contributed by atoms with E-state index in [0.29, 0.717) is 18.8 Å². The van der Waals surface area contributed by atoms with E-state index in [1.54, 1.807) is 6.92 Å². The summed E-state index contributed by atoms with van der Waals surface area (Å²) in [5.41, 5.74) is 3.61. The fourth-order valence-electron chi connectivity index (χ4n) is 4.80. The van der Waals surface area contributed by atoms with Gasteiger partial charge < -0.3 is 9.15 Å². The molecule has 1 fully saturated rings. The van der Waals surface area contributed by atoms with Gasteiger partial charge in [-0.3, -0.25) is 9.59 Å². The number of carbonyl (C=O) groups excluding carboxylic acids is 2. The van der Waals surface area contributed by atoms with Crippen molar-refractivity contribution in [3.63, 3.8) is 0 Å². The average Bonchev–Trinajstić information content (AvgIpc) is 2.95. The minimum atomic E-state index is -1.79. The molecule has 1 aromatic heterocycles. The molecular formula is C26H42O4Si. The van der Waals surface area contributed by atoms with Crippen molar-refractivity contribution < 1.29 is 18.7 Å². The third kappa shape index (κ3) is 6.00. The molecule has 31 heavy (non-hydrogen) atoms. The fourth-order valence-corrected chi connectivity index (χ4v) is 6.92. The van der Waals surface area contributed by atoms with Gasteiger partial charge >= 0.3 is 5.97 Å². The molecule has 0 saturated heterocycles. The molecule has 1 aliphatic rings. The van der Waals surface area contributed by atoms with Crippen molar-refractivity contribution in [2.45, 2.75) is 105 Å². The smallest absolute Gasteiger partial charge is 0.302 e. The molecule has 3 atom stereocenters. The van der Waals surface area contributed by atoms with E-state index in [1.807, 2.05) is 0 Å². The standard InChI is InChI=1S/C26H42O4Si/c1-16-11-22(17(2)13-19(4)27)23(24(12-16)29-20(5)28)15-21-14-18(3)25(30-21)31(9,10)26(6,7)8/h14,16,23-24H,11-13,15H2,1-10H3/t16-,23+,24-/m1/s1. The van der Waals surface area contributed by atoms with E-state index in [0.717, 1.165) is 29.6 Å². The van der Waals surface area contributed by atoms with Gasteiger partial charge in [-0.05, 0) is 56.2 Å². The van der Waals surface area contributed by atoms with E-state index in [9.17, 15) is 9.59 Å². The number of hydrogen-bond acceptors (Lipinski definition) is 4. The molecule has 0 radical (unpaired) electrons. The summed E-state index contributed by atoms with van der Waals surface area (Å²) in [7, 11) is -1.79. The number of aryl methyl sites for hydroxylation is 1. The van der Waals surface area contributed by atoms with Crippen LogP contribution in [0.15, 0.2) is 21.6 Å². The molecule has 1 aliphatic carbocycles. The SMILES string of the molecule is CC(=O)CC(C)=C1C[C@@H](C)C[C@@H](OC(C)=O)[C@H]1Cc1cc(C)c([Si](C)(C)C(C)(C)C)o1. The summed E-state index contributed by atoms with van der Waals surface area (Å²) in [5.74, 6) is 1.35. The van der Waals surface area contributed by atoms with Crippen LogP contribution >= 0.6 is 0 Å². The zero-order valence-corrected chi connectivity index (χ0v) is 22.3. The Hall–Kier alpha value is -1.62. The van der Waals surface area contributed by atoms with E-state index >= 15 is 0 Å². The first kappa shape index (κ1) is 25.6. The van der Waals surface area contributed by atoms with Crippen LogP contribution in [0.4, 0.5) is 0 Å². The molecular weight excluding hydrogens is 404 g/mol. The van der Waals surface area contributed by atoms with Gasteiger partial charge in [0.05, 0.1) is 5.38 Å². The normalized spacial score (nSPS) is 24.1. The minimum absolute atomic E-state index is 0.0530. The Morgan fingerprint density at radius 2 is 1.81 bits per heavy atom. The summed E-state index contributed by atoms with van der Waals surface area (Å²) < 4.78 is 12.3. The van der Waals surface area contributed by atoms with Gasteiger partial charge in [0.25, 0.3) is 0 Å². The lowest BCUT2D eigenvalue weighted by Crippen LogP contribution is -2.49. The van der Waals surface area contributed by atoms with Gasteiger partial charge in [0.1, 0.15) is 25.7 Å². The molecule has 4 nitrogen and oxygen atoms in total. The maximum absolute atomic E-state index is 11.9. The monoisotopic (exact) mass is 446 g/mol. The lowest BCUT2D eigenvalue weighted by molar-refractivity contribution is -0.150. The van der Waals surface area contributed by atoms with Crippen molar-refractivity contribution in [3.8, 4) is 0 Å². The molecule has 1 saturated carbocycles. The summed E-state index contributed by atoms with van der Waals surface area (Å²) in [4.78, 5) is 23.7. The number of rotatable bonds is 6. The Labute approximate surface area is 189 Å². The van der Waals surface area contributed by atoms with E-state index in [1.165, 1.54) is 18.1 Å². The highest BCUT2D eigenvalue weighted by Gasteiger charge is 2.42. The van der Waals surface area contributed by atoms with Crippen LogP contribution in [0.5, 0.6) is 0 Å². The molecule has 0 bridgehead atoms. The highest BCUT2D eigenvalue weighted by atomic mass is 28.3. The first-order valence-electron chi connectivity index (χ1n) is 11.6. The quantitative estimate of drug-likeness (QED) is 0.300. The van der Waals surface area contributed by atoms with Crippen LogP contribution in [-0.2, 0) is 20.7 Å². The van der Waals surface area contributed by atoms with Crippen LogP contribution in [0, 0.1) is 18.8 Å². The topological polar surface area (TPSA) is 56.5 Å². The van der Waals surface area contributed by atoms with Crippen molar-refractivity contribution in [1.82, 2.24) is 0 Å². The molecule has 1 aromatic rings. The fraction of sp³-hybridized carbons (Fsp3) is 0.692. The van der Waals surface area contributed by atoms with Crippen LogP contribution in [0.1, 0.15) is 79.1 Å². The largest absolute Gasteiger partial charge is 0.471 e. The highest BCUT2D eigenvalue weighted by Crippen LogP contribution is 2.41. The highest BCUT2D eigenvalue weighted by molar-refractivity contribution is 6.91.